The van der Waals surface area contributed by atoms with Gasteiger partial charge in [0.15, 0.2) is 0 Å². The number of aliphatic hydroxyl groups is 1. The third kappa shape index (κ3) is 3.11. The van der Waals surface area contributed by atoms with Crippen molar-refractivity contribution >= 4 is 11.6 Å². The van der Waals surface area contributed by atoms with Crippen LogP contribution < -0.4 is 4.74 Å². The molecule has 1 radical (unpaired) electrons. The second kappa shape index (κ2) is 5.01. The summed E-state index contributed by atoms with van der Waals surface area (Å²) in [5.41, 5.74) is 0. The number of rotatable bonds is 4. The third-order valence-electron chi connectivity index (χ3n) is 1.31. The molecule has 12 heavy (non-hydrogen) atoms. The standard InChI is InChI=1S/C9H10ClO2/c10-8-2-4-9(5-3-8)12-7-1-6-11/h2-4,11H,1,6-7H2. The van der Waals surface area contributed by atoms with Gasteiger partial charge in [-0.15, -0.1) is 0 Å². The normalized spacial score (nSPS) is 9.83. The molecule has 1 N–H and O–H groups in total. The molecule has 0 heterocycles. The monoisotopic (exact) mass is 185 g/mol. The predicted molar refractivity (Wildman–Crippen MR) is 47.5 cm³/mol. The average Bonchev–Trinajstić information content (AvgIpc) is 2.09. The van der Waals surface area contributed by atoms with Crippen molar-refractivity contribution in [2.45, 2.75) is 6.42 Å². The molecule has 1 aromatic carbocycles. The van der Waals surface area contributed by atoms with Crippen molar-refractivity contribution in [2.75, 3.05) is 13.2 Å². The summed E-state index contributed by atoms with van der Waals surface area (Å²) >= 11 is 5.65. The molecule has 1 rings (SSSR count). The highest BCUT2D eigenvalue weighted by atomic mass is 35.5. The summed E-state index contributed by atoms with van der Waals surface area (Å²) in [6, 6.07) is 8.00. The van der Waals surface area contributed by atoms with E-state index in [1.807, 2.05) is 0 Å². The summed E-state index contributed by atoms with van der Waals surface area (Å²) in [6.45, 7) is 0.655. The lowest BCUT2D eigenvalue weighted by Crippen LogP contribution is -1.99. The predicted octanol–water partition coefficient (Wildman–Crippen LogP) is 1.90. The SMILES string of the molecule is OCCCOc1[c]cc(Cl)cc1. The zero-order valence-electron chi connectivity index (χ0n) is 6.59. The highest BCUT2D eigenvalue weighted by molar-refractivity contribution is 6.30. The van der Waals surface area contributed by atoms with Crippen LogP contribution in [0.2, 0.25) is 5.02 Å². The Labute approximate surface area is 76.7 Å². The lowest BCUT2D eigenvalue weighted by molar-refractivity contribution is 0.233. The zero-order chi connectivity index (χ0) is 8.81. The number of halogens is 1. The smallest absolute Gasteiger partial charge is 0.127 e. The minimum Gasteiger partial charge on any atom is -0.493 e. The van der Waals surface area contributed by atoms with E-state index in [-0.39, 0.29) is 6.61 Å². The van der Waals surface area contributed by atoms with Gasteiger partial charge in [-0.2, -0.15) is 0 Å². The highest BCUT2D eigenvalue weighted by Crippen LogP contribution is 2.14. The molecule has 65 valence electrons. The van der Waals surface area contributed by atoms with Crippen LogP contribution in [-0.2, 0) is 0 Å². The molecule has 0 aliphatic rings. The third-order valence-corrected chi connectivity index (χ3v) is 1.54. The number of ether oxygens (including phenoxy) is 1. The molecule has 0 aromatic heterocycles. The van der Waals surface area contributed by atoms with Crippen LogP contribution in [0.3, 0.4) is 0 Å². The van der Waals surface area contributed by atoms with Crippen LogP contribution in [-0.4, -0.2) is 18.3 Å². The van der Waals surface area contributed by atoms with E-state index < -0.39 is 0 Å². The summed E-state index contributed by atoms with van der Waals surface area (Å²) < 4.78 is 5.23. The molecule has 0 unspecified atom stereocenters. The molecule has 0 saturated carbocycles. The van der Waals surface area contributed by atoms with Crippen molar-refractivity contribution in [3.8, 4) is 5.75 Å². The number of aliphatic hydroxyl groups excluding tert-OH is 1. The van der Waals surface area contributed by atoms with Crippen LogP contribution in [0.15, 0.2) is 18.2 Å². The van der Waals surface area contributed by atoms with Crippen molar-refractivity contribution in [2.24, 2.45) is 0 Å². The van der Waals surface area contributed by atoms with Crippen LogP contribution in [0.5, 0.6) is 5.75 Å². The van der Waals surface area contributed by atoms with Crippen molar-refractivity contribution in [3.05, 3.63) is 29.3 Å². The highest BCUT2D eigenvalue weighted by Gasteiger charge is 1.92. The summed E-state index contributed by atoms with van der Waals surface area (Å²) in [5.74, 6) is 0.660. The van der Waals surface area contributed by atoms with Crippen LogP contribution >= 0.6 is 11.6 Å². The minimum absolute atomic E-state index is 0.146. The van der Waals surface area contributed by atoms with Gasteiger partial charge in [0, 0.05) is 24.1 Å². The average molecular weight is 186 g/mol. The summed E-state index contributed by atoms with van der Waals surface area (Å²) in [4.78, 5) is 0. The minimum atomic E-state index is 0.146. The Hall–Kier alpha value is -0.730. The Morgan fingerprint density at radius 2 is 2.33 bits per heavy atom. The quantitative estimate of drug-likeness (QED) is 0.727. The van der Waals surface area contributed by atoms with E-state index >= 15 is 0 Å². The maximum Gasteiger partial charge on any atom is 0.127 e. The first-order valence-electron chi connectivity index (χ1n) is 3.74. The van der Waals surface area contributed by atoms with Gasteiger partial charge in [0.2, 0.25) is 0 Å². The topological polar surface area (TPSA) is 29.5 Å². The molecule has 0 atom stereocenters. The van der Waals surface area contributed by atoms with Crippen molar-refractivity contribution in [1.29, 1.82) is 0 Å². The molecule has 0 spiro atoms. The lowest BCUT2D eigenvalue weighted by Gasteiger charge is -2.03. The number of hydrogen-bond donors (Lipinski definition) is 1. The van der Waals surface area contributed by atoms with E-state index in [1.165, 1.54) is 0 Å². The van der Waals surface area contributed by atoms with Crippen LogP contribution in [0.1, 0.15) is 6.42 Å². The van der Waals surface area contributed by atoms with E-state index in [9.17, 15) is 0 Å². The first-order valence-corrected chi connectivity index (χ1v) is 4.11. The Balaban J connectivity index is 2.37. The Morgan fingerprint density at radius 3 is 2.92 bits per heavy atom. The Kier molecular flexibility index (Phi) is 3.91. The molecule has 0 aliphatic carbocycles. The van der Waals surface area contributed by atoms with E-state index in [2.05, 4.69) is 6.07 Å². The van der Waals surface area contributed by atoms with Gasteiger partial charge >= 0.3 is 0 Å². The fourth-order valence-corrected chi connectivity index (χ4v) is 0.846. The number of hydrogen-bond acceptors (Lipinski definition) is 2. The second-order valence-electron chi connectivity index (χ2n) is 2.30. The van der Waals surface area contributed by atoms with Gasteiger partial charge in [0.25, 0.3) is 0 Å². The van der Waals surface area contributed by atoms with Gasteiger partial charge in [-0.1, -0.05) is 11.6 Å². The van der Waals surface area contributed by atoms with Crippen molar-refractivity contribution in [3.63, 3.8) is 0 Å². The van der Waals surface area contributed by atoms with Crippen LogP contribution in [0, 0.1) is 6.07 Å². The van der Waals surface area contributed by atoms with Gasteiger partial charge in [0.05, 0.1) is 6.61 Å². The van der Waals surface area contributed by atoms with E-state index in [1.54, 1.807) is 18.2 Å². The first-order chi connectivity index (χ1) is 5.83. The second-order valence-corrected chi connectivity index (χ2v) is 2.73. The molecule has 1 aromatic rings. The van der Waals surface area contributed by atoms with Gasteiger partial charge < -0.3 is 9.84 Å². The molecular weight excluding hydrogens is 176 g/mol. The summed E-state index contributed by atoms with van der Waals surface area (Å²) in [5, 5.41) is 9.12. The van der Waals surface area contributed by atoms with E-state index in [0.717, 1.165) is 0 Å². The molecule has 2 nitrogen and oxygen atoms in total. The maximum atomic E-state index is 8.48. The van der Waals surface area contributed by atoms with Gasteiger partial charge in [-0.25, -0.2) is 0 Å². The summed E-state index contributed by atoms with van der Waals surface area (Å²) in [6.07, 6.45) is 0.635. The molecule has 3 heteroatoms. The van der Waals surface area contributed by atoms with Crippen molar-refractivity contribution < 1.29 is 9.84 Å². The maximum absolute atomic E-state index is 8.48. The van der Waals surface area contributed by atoms with E-state index in [0.29, 0.717) is 23.8 Å². The van der Waals surface area contributed by atoms with Gasteiger partial charge in [-0.05, 0) is 18.2 Å². The van der Waals surface area contributed by atoms with Crippen LogP contribution in [0.25, 0.3) is 0 Å². The zero-order valence-corrected chi connectivity index (χ0v) is 7.34. The van der Waals surface area contributed by atoms with E-state index in [4.69, 9.17) is 21.4 Å². The Bertz CT molecular complexity index is 220. The molecule has 0 fully saturated rings. The fourth-order valence-electron chi connectivity index (χ4n) is 0.728. The fraction of sp³-hybridized carbons (Fsp3) is 0.333. The van der Waals surface area contributed by atoms with Gasteiger partial charge in [-0.3, -0.25) is 0 Å². The largest absolute Gasteiger partial charge is 0.493 e. The van der Waals surface area contributed by atoms with Crippen molar-refractivity contribution in [1.82, 2.24) is 0 Å². The molecule has 0 saturated heterocycles. The van der Waals surface area contributed by atoms with Gasteiger partial charge in [0.1, 0.15) is 5.75 Å². The first kappa shape index (κ1) is 9.36. The summed E-state index contributed by atoms with van der Waals surface area (Å²) in [7, 11) is 0. The molecular formula is C9H10ClO2. The Morgan fingerprint density at radius 1 is 1.50 bits per heavy atom. The number of benzene rings is 1. The van der Waals surface area contributed by atoms with Crippen LogP contribution in [0.4, 0.5) is 0 Å². The molecule has 0 aliphatic heterocycles. The lowest BCUT2D eigenvalue weighted by atomic mass is 10.3. The molecule has 0 amide bonds. The molecule has 0 bridgehead atoms.